The van der Waals surface area contributed by atoms with E-state index in [4.69, 9.17) is 18.5 Å². The summed E-state index contributed by atoms with van der Waals surface area (Å²) in [6.07, 6.45) is 1.92. The average Bonchev–Trinajstić information content (AvgIpc) is 3.97. The second kappa shape index (κ2) is 20.6. The molecule has 0 saturated heterocycles. The van der Waals surface area contributed by atoms with Crippen LogP contribution in [0.2, 0.25) is 19.6 Å². The smallest absolute Gasteiger partial charge is 0.121 e. The van der Waals surface area contributed by atoms with Crippen LogP contribution in [0, 0.1) is 32.8 Å². The van der Waals surface area contributed by atoms with Crippen LogP contribution in [0.3, 0.4) is 0 Å². The fraction of sp³-hybridized carbons (Fsp3) is 0.185. The largest absolute Gasteiger partial charge is 0.501 e. The van der Waals surface area contributed by atoms with Gasteiger partial charge >= 0.3 is 0 Å². The number of hydrogen-bond acceptors (Lipinski definition) is 4. The Labute approximate surface area is 443 Å². The molecule has 4 aromatic heterocycles. The minimum Gasteiger partial charge on any atom is -0.501 e. The summed E-state index contributed by atoms with van der Waals surface area (Å²) in [7, 11) is -1.34. The van der Waals surface area contributed by atoms with Crippen molar-refractivity contribution in [3.05, 3.63) is 210 Å². The molecule has 0 atom stereocenters. The summed E-state index contributed by atoms with van der Waals surface area (Å²) in [6, 6.07) is 63.0. The Morgan fingerprint density at radius 2 is 1.26 bits per heavy atom. The van der Waals surface area contributed by atoms with Gasteiger partial charge < -0.3 is 14.0 Å². The molecule has 7 aromatic carbocycles. The van der Waals surface area contributed by atoms with E-state index in [1.54, 1.807) is 12.1 Å². The van der Waals surface area contributed by atoms with Crippen molar-refractivity contribution < 1.29 is 28.6 Å². The van der Waals surface area contributed by atoms with E-state index >= 15 is 0 Å². The summed E-state index contributed by atoms with van der Waals surface area (Å²) in [5.41, 5.74) is 18.8. The number of nitrogens with zero attached hydrogens (tertiary/aromatic N) is 4. The van der Waals surface area contributed by atoms with Gasteiger partial charge in [-0.05, 0) is 94.2 Å². The van der Waals surface area contributed by atoms with Crippen LogP contribution in [0.5, 0.6) is 0 Å². The van der Waals surface area contributed by atoms with Crippen LogP contribution < -0.4 is 5.19 Å². The molecule has 7 heteroatoms. The number of benzene rings is 7. The third kappa shape index (κ3) is 9.94. The van der Waals surface area contributed by atoms with E-state index < -0.39 is 14.9 Å². The maximum Gasteiger partial charge on any atom is 0.121 e. The summed E-state index contributed by atoms with van der Waals surface area (Å²) in [4.78, 5) is 15.1. The maximum atomic E-state index is 7.35. The van der Waals surface area contributed by atoms with E-state index in [1.807, 2.05) is 24.4 Å². The quantitative estimate of drug-likeness (QED) is 0.107. The number of aryl methyl sites for hydroxylation is 3. The second-order valence-electron chi connectivity index (χ2n) is 20.2. The first-order valence-corrected chi connectivity index (χ1v) is 28.1. The summed E-state index contributed by atoms with van der Waals surface area (Å²) in [5.74, 6) is 1.25. The second-order valence-corrected chi connectivity index (χ2v) is 25.3. The molecule has 72 heavy (non-hydrogen) atoms. The molecule has 0 aliphatic heterocycles. The van der Waals surface area contributed by atoms with Gasteiger partial charge in [0.15, 0.2) is 0 Å². The Morgan fingerprint density at radius 1 is 0.611 bits per heavy atom. The van der Waals surface area contributed by atoms with E-state index in [0.29, 0.717) is 5.56 Å². The zero-order chi connectivity index (χ0) is 52.1. The number of fused-ring (bicyclic) bond motifs is 4. The van der Waals surface area contributed by atoms with Crippen molar-refractivity contribution in [3.8, 4) is 61.8 Å². The Balaban J connectivity index is 0.000000277. The third-order valence-corrected chi connectivity index (χ3v) is 15.4. The summed E-state index contributed by atoms with van der Waals surface area (Å²) >= 11 is 0. The molecule has 5 nitrogen and oxygen atoms in total. The van der Waals surface area contributed by atoms with Crippen LogP contribution in [-0.2, 0) is 20.1 Å². The van der Waals surface area contributed by atoms with Crippen LogP contribution in [0.25, 0.3) is 94.8 Å². The molecule has 0 fully saturated rings. The number of imidazole rings is 1. The molecule has 0 spiro atoms. The summed E-state index contributed by atoms with van der Waals surface area (Å²) in [6.45, 7) is 18.1. The van der Waals surface area contributed by atoms with Gasteiger partial charge in [-0.15, -0.1) is 53.6 Å². The Morgan fingerprint density at radius 3 is 1.88 bits per heavy atom. The van der Waals surface area contributed by atoms with Crippen LogP contribution in [0.15, 0.2) is 174 Å². The Bertz CT molecular complexity index is 3720. The molecule has 0 amide bonds. The average molecular weight is 1140 g/mol. The van der Waals surface area contributed by atoms with Crippen LogP contribution in [0.4, 0.5) is 0 Å². The molecule has 0 bridgehead atoms. The van der Waals surface area contributed by atoms with Crippen molar-refractivity contribution in [1.82, 2.24) is 19.5 Å². The van der Waals surface area contributed by atoms with Gasteiger partial charge in [-0.3, -0.25) is 9.97 Å². The molecule has 0 aliphatic carbocycles. The van der Waals surface area contributed by atoms with Gasteiger partial charge in [-0.2, -0.15) is 0 Å². The molecule has 1 radical (unpaired) electrons. The number of furan rings is 1. The first-order chi connectivity index (χ1) is 35.4. The predicted molar refractivity (Wildman–Crippen MR) is 301 cm³/mol. The molecular formula is C65H60IrN4OSi-2. The monoisotopic (exact) mass is 1140 g/mol. The van der Waals surface area contributed by atoms with Crippen molar-refractivity contribution in [1.29, 1.82) is 0 Å². The number of pyridine rings is 2. The normalized spacial score (nSPS) is 12.4. The van der Waals surface area contributed by atoms with Crippen LogP contribution >= 0.6 is 0 Å². The van der Waals surface area contributed by atoms with Crippen molar-refractivity contribution in [2.24, 2.45) is 0 Å². The maximum absolute atomic E-state index is 7.35. The van der Waals surface area contributed by atoms with E-state index in [1.165, 1.54) is 39.1 Å². The molecule has 361 valence electrons. The molecule has 11 aromatic rings. The van der Waals surface area contributed by atoms with E-state index in [0.717, 1.165) is 89.4 Å². The van der Waals surface area contributed by atoms with Crippen molar-refractivity contribution in [2.75, 3.05) is 0 Å². The molecule has 0 N–H and O–H groups in total. The van der Waals surface area contributed by atoms with Gasteiger partial charge in [-0.1, -0.05) is 180 Å². The standard InChI is InChI=1S/C50H42N3O.C15H18NSi.Ir/c1-30(2)42-26-38(34-14-9-7-10-15-34)27-43(31(3)4)48(42)53-45-29-44(36-16-11-8-12-17-36)51-33(6)47(45)52-50(53)41-19-13-18-40-39-25-24-37(28-46(39)54-49(40)41)35-22-20-32(5)21-23-35;1-12-5-7-13(8-6-12)15-10-9-14(11-16-15)17(2,3)4;/h7-18,20-31H,1-6H3;5-7,9-11H,1-4H3;/q2*-1;/i;1D3;. The van der Waals surface area contributed by atoms with E-state index in [9.17, 15) is 0 Å². The SMILES string of the molecule is Cc1ccc(-c2ccc3c(c2)oc2c(-c4nc5c(C)nc(-c6ccccc6)cc5n4-c4c(C(C)C)cc(-c5ccccc5)cc4C(C)C)[c-]ccc23)cc1.[2H]C([2H])([2H])c1c[c-]c(-c2ccc([Si](C)(C)C)cn2)cc1.[Ir]. The van der Waals surface area contributed by atoms with Gasteiger partial charge in [-0.25, -0.2) is 0 Å². The first-order valence-electron chi connectivity index (χ1n) is 26.1. The first kappa shape index (κ1) is 46.1. The van der Waals surface area contributed by atoms with Crippen molar-refractivity contribution in [2.45, 2.75) is 79.9 Å². The fourth-order valence-corrected chi connectivity index (χ4v) is 10.4. The van der Waals surface area contributed by atoms with E-state index in [-0.39, 0.29) is 31.9 Å². The molecule has 0 unspecified atom stereocenters. The van der Waals surface area contributed by atoms with Gasteiger partial charge in [0, 0.05) is 47.1 Å². The van der Waals surface area contributed by atoms with Gasteiger partial charge in [0.05, 0.1) is 41.9 Å². The van der Waals surface area contributed by atoms with Gasteiger partial charge in [0.2, 0.25) is 0 Å². The summed E-state index contributed by atoms with van der Waals surface area (Å²) < 4.78 is 31.3. The number of rotatable bonds is 9. The number of hydrogen-bond donors (Lipinski definition) is 0. The minimum absolute atomic E-state index is 0. The zero-order valence-corrected chi connectivity index (χ0v) is 45.7. The Hall–Kier alpha value is -7.02. The molecule has 11 rings (SSSR count). The van der Waals surface area contributed by atoms with Crippen molar-refractivity contribution in [3.63, 3.8) is 0 Å². The third-order valence-electron chi connectivity index (χ3n) is 13.4. The van der Waals surface area contributed by atoms with Crippen molar-refractivity contribution >= 4 is 46.2 Å². The minimum atomic E-state index is -2.08. The molecule has 0 saturated carbocycles. The Kier molecular flexibility index (Phi) is 13.2. The van der Waals surface area contributed by atoms with Crippen LogP contribution in [-0.4, -0.2) is 27.6 Å². The molecule has 4 heterocycles. The van der Waals surface area contributed by atoms with Gasteiger partial charge in [0.25, 0.3) is 0 Å². The summed E-state index contributed by atoms with van der Waals surface area (Å²) in [5, 5.41) is 3.42. The van der Waals surface area contributed by atoms with E-state index in [2.05, 4.69) is 210 Å². The fourth-order valence-electron chi connectivity index (χ4n) is 9.41. The predicted octanol–water partition coefficient (Wildman–Crippen LogP) is 17.1. The molecule has 0 aliphatic rings. The van der Waals surface area contributed by atoms with Gasteiger partial charge in [0.1, 0.15) is 5.58 Å². The number of aromatic nitrogens is 4. The van der Waals surface area contributed by atoms with Crippen LogP contribution in [0.1, 0.15) is 71.6 Å². The molecular weight excluding hydrogens is 1070 g/mol. The zero-order valence-electron chi connectivity index (χ0n) is 45.4. The topological polar surface area (TPSA) is 56.7 Å².